The quantitative estimate of drug-likeness (QED) is 0.657. The van der Waals surface area contributed by atoms with Crippen molar-refractivity contribution in [1.29, 1.82) is 0 Å². The third-order valence-electron chi connectivity index (χ3n) is 1.72. The summed E-state index contributed by atoms with van der Waals surface area (Å²) in [7, 11) is 0. The van der Waals surface area contributed by atoms with E-state index in [1.54, 1.807) is 4.68 Å². The van der Waals surface area contributed by atoms with Crippen LogP contribution in [0.15, 0.2) is 0 Å². The zero-order valence-corrected chi connectivity index (χ0v) is 7.40. The molecule has 0 fully saturated rings. The van der Waals surface area contributed by atoms with Gasteiger partial charge in [0.05, 0.1) is 5.69 Å². The standard InChI is InChI=1S/C7H12N4O2/c1-2-11-5(3-4-8)6(7(12)13)9-10-11/h2-4,8H2,1H3,(H,12,13). The van der Waals surface area contributed by atoms with Crippen molar-refractivity contribution in [3.63, 3.8) is 0 Å². The monoisotopic (exact) mass is 184 g/mol. The van der Waals surface area contributed by atoms with Crippen molar-refractivity contribution in [3.8, 4) is 0 Å². The Balaban J connectivity index is 3.06. The highest BCUT2D eigenvalue weighted by atomic mass is 16.4. The Morgan fingerprint density at radius 3 is 2.85 bits per heavy atom. The second-order valence-corrected chi connectivity index (χ2v) is 2.54. The number of nitrogens with zero attached hydrogens (tertiary/aromatic N) is 3. The SMILES string of the molecule is CCn1nnc(C(=O)O)c1CCN. The number of carboxylic acids is 1. The molecule has 6 nitrogen and oxygen atoms in total. The molecular formula is C7H12N4O2. The molecule has 72 valence electrons. The summed E-state index contributed by atoms with van der Waals surface area (Å²) >= 11 is 0. The molecule has 3 N–H and O–H groups in total. The zero-order chi connectivity index (χ0) is 9.84. The van der Waals surface area contributed by atoms with Crippen LogP contribution in [0, 0.1) is 0 Å². The molecule has 13 heavy (non-hydrogen) atoms. The van der Waals surface area contributed by atoms with Crippen molar-refractivity contribution in [2.24, 2.45) is 5.73 Å². The fourth-order valence-corrected chi connectivity index (χ4v) is 1.14. The van der Waals surface area contributed by atoms with Gasteiger partial charge in [-0.15, -0.1) is 5.10 Å². The molecular weight excluding hydrogens is 172 g/mol. The lowest BCUT2D eigenvalue weighted by Gasteiger charge is -2.01. The predicted octanol–water partition coefficient (Wildman–Crippen LogP) is -0.503. The smallest absolute Gasteiger partial charge is 0.358 e. The topological polar surface area (TPSA) is 94.0 Å². The number of aromatic carboxylic acids is 1. The van der Waals surface area contributed by atoms with Gasteiger partial charge in [0, 0.05) is 13.0 Å². The van der Waals surface area contributed by atoms with Crippen LogP contribution in [-0.2, 0) is 13.0 Å². The highest BCUT2D eigenvalue weighted by Gasteiger charge is 2.16. The molecule has 0 atom stereocenters. The molecule has 0 radical (unpaired) electrons. The van der Waals surface area contributed by atoms with Crippen molar-refractivity contribution in [3.05, 3.63) is 11.4 Å². The number of hydrogen-bond donors (Lipinski definition) is 2. The first-order chi connectivity index (χ1) is 6.20. The third kappa shape index (κ3) is 1.83. The van der Waals surface area contributed by atoms with Crippen molar-refractivity contribution in [2.75, 3.05) is 6.54 Å². The maximum Gasteiger partial charge on any atom is 0.358 e. The van der Waals surface area contributed by atoms with E-state index >= 15 is 0 Å². The number of nitrogens with two attached hydrogens (primary N) is 1. The molecule has 0 aliphatic heterocycles. The first-order valence-corrected chi connectivity index (χ1v) is 4.06. The molecule has 0 bridgehead atoms. The average molecular weight is 184 g/mol. The second kappa shape index (κ2) is 3.99. The lowest BCUT2D eigenvalue weighted by Crippen LogP contribution is -2.12. The van der Waals surface area contributed by atoms with E-state index in [1.165, 1.54) is 0 Å². The Hall–Kier alpha value is -1.43. The molecule has 1 aromatic heterocycles. The predicted molar refractivity (Wildman–Crippen MR) is 45.4 cm³/mol. The van der Waals surface area contributed by atoms with Crippen LogP contribution in [0.1, 0.15) is 23.1 Å². The van der Waals surface area contributed by atoms with E-state index in [0.29, 0.717) is 25.2 Å². The van der Waals surface area contributed by atoms with E-state index in [0.717, 1.165) is 0 Å². The molecule has 0 saturated carbocycles. The number of aryl methyl sites for hydroxylation is 1. The molecule has 0 amide bonds. The van der Waals surface area contributed by atoms with Gasteiger partial charge in [-0.2, -0.15) is 0 Å². The zero-order valence-electron chi connectivity index (χ0n) is 7.40. The van der Waals surface area contributed by atoms with E-state index in [9.17, 15) is 4.79 Å². The minimum Gasteiger partial charge on any atom is -0.476 e. The summed E-state index contributed by atoms with van der Waals surface area (Å²) < 4.78 is 1.55. The van der Waals surface area contributed by atoms with Crippen LogP contribution in [0.3, 0.4) is 0 Å². The first-order valence-electron chi connectivity index (χ1n) is 4.06. The molecule has 0 saturated heterocycles. The van der Waals surface area contributed by atoms with Crippen LogP contribution in [-0.4, -0.2) is 32.6 Å². The summed E-state index contributed by atoms with van der Waals surface area (Å²) in [6, 6.07) is 0. The van der Waals surface area contributed by atoms with Crippen LogP contribution in [0.5, 0.6) is 0 Å². The summed E-state index contributed by atoms with van der Waals surface area (Å²) in [6.45, 7) is 2.88. The van der Waals surface area contributed by atoms with Gasteiger partial charge >= 0.3 is 5.97 Å². The van der Waals surface area contributed by atoms with Gasteiger partial charge in [0.25, 0.3) is 0 Å². The molecule has 0 spiro atoms. The van der Waals surface area contributed by atoms with E-state index in [4.69, 9.17) is 10.8 Å². The van der Waals surface area contributed by atoms with Crippen molar-refractivity contribution in [1.82, 2.24) is 15.0 Å². The maximum absolute atomic E-state index is 10.7. The summed E-state index contributed by atoms with van der Waals surface area (Å²) in [5, 5.41) is 16.0. The van der Waals surface area contributed by atoms with Gasteiger partial charge in [0.1, 0.15) is 0 Å². The number of hydrogen-bond acceptors (Lipinski definition) is 4. The van der Waals surface area contributed by atoms with E-state index in [2.05, 4.69) is 10.3 Å². The molecule has 1 rings (SSSR count). The highest BCUT2D eigenvalue weighted by molar-refractivity contribution is 5.86. The molecule has 6 heteroatoms. The molecule has 0 unspecified atom stereocenters. The average Bonchev–Trinajstić information content (AvgIpc) is 2.48. The minimum atomic E-state index is -1.05. The van der Waals surface area contributed by atoms with Crippen molar-refractivity contribution >= 4 is 5.97 Å². The molecule has 1 heterocycles. The molecule has 1 aromatic rings. The van der Waals surface area contributed by atoms with Gasteiger partial charge in [0.15, 0.2) is 5.69 Å². The Kier molecular flexibility index (Phi) is 2.97. The van der Waals surface area contributed by atoms with Crippen LogP contribution < -0.4 is 5.73 Å². The van der Waals surface area contributed by atoms with Gasteiger partial charge < -0.3 is 10.8 Å². The maximum atomic E-state index is 10.7. The van der Waals surface area contributed by atoms with Crippen LogP contribution in [0.4, 0.5) is 0 Å². The van der Waals surface area contributed by atoms with E-state index in [1.807, 2.05) is 6.92 Å². The van der Waals surface area contributed by atoms with E-state index < -0.39 is 5.97 Å². The Bertz CT molecular complexity index is 307. The summed E-state index contributed by atoms with van der Waals surface area (Å²) in [5.41, 5.74) is 5.95. The normalized spacial score (nSPS) is 10.3. The van der Waals surface area contributed by atoms with Crippen LogP contribution in [0.25, 0.3) is 0 Å². The first kappa shape index (κ1) is 9.66. The largest absolute Gasteiger partial charge is 0.476 e. The Labute approximate surface area is 75.3 Å². The summed E-state index contributed by atoms with van der Waals surface area (Å²) in [4.78, 5) is 10.7. The number of aromatic nitrogens is 3. The second-order valence-electron chi connectivity index (χ2n) is 2.54. The molecule has 0 aromatic carbocycles. The fourth-order valence-electron chi connectivity index (χ4n) is 1.14. The summed E-state index contributed by atoms with van der Waals surface area (Å²) in [6.07, 6.45) is 0.489. The van der Waals surface area contributed by atoms with Gasteiger partial charge in [-0.05, 0) is 13.5 Å². The van der Waals surface area contributed by atoms with Crippen molar-refractivity contribution < 1.29 is 9.90 Å². The lowest BCUT2D eigenvalue weighted by molar-refractivity contribution is 0.0689. The third-order valence-corrected chi connectivity index (χ3v) is 1.72. The Morgan fingerprint density at radius 1 is 1.69 bits per heavy atom. The summed E-state index contributed by atoms with van der Waals surface area (Å²) in [5.74, 6) is -1.05. The minimum absolute atomic E-state index is 0.00676. The fraction of sp³-hybridized carbons (Fsp3) is 0.571. The highest BCUT2D eigenvalue weighted by Crippen LogP contribution is 2.05. The lowest BCUT2D eigenvalue weighted by atomic mass is 10.2. The molecule has 0 aliphatic rings. The number of carboxylic acid groups (broad SMARTS) is 1. The van der Waals surface area contributed by atoms with Gasteiger partial charge in [-0.25, -0.2) is 9.48 Å². The Morgan fingerprint density at radius 2 is 2.38 bits per heavy atom. The number of carbonyl (C=O) groups is 1. The van der Waals surface area contributed by atoms with E-state index in [-0.39, 0.29) is 5.69 Å². The van der Waals surface area contributed by atoms with Crippen LogP contribution in [0.2, 0.25) is 0 Å². The number of rotatable bonds is 4. The molecule has 0 aliphatic carbocycles. The van der Waals surface area contributed by atoms with Gasteiger partial charge in [-0.1, -0.05) is 5.21 Å². The van der Waals surface area contributed by atoms with Gasteiger partial charge in [-0.3, -0.25) is 0 Å². The van der Waals surface area contributed by atoms with Crippen molar-refractivity contribution in [2.45, 2.75) is 19.9 Å². The van der Waals surface area contributed by atoms with Crippen LogP contribution >= 0.6 is 0 Å². The van der Waals surface area contributed by atoms with Gasteiger partial charge in [0.2, 0.25) is 0 Å².